The molecule has 17 heavy (non-hydrogen) atoms. The molecule has 0 radical (unpaired) electrons. The van der Waals surface area contributed by atoms with Crippen LogP contribution in [-0.4, -0.2) is 11.1 Å². The second-order valence-electron chi connectivity index (χ2n) is 3.51. The van der Waals surface area contributed by atoms with Crippen molar-refractivity contribution in [1.82, 2.24) is 0 Å². The number of hydrogen-bond acceptors (Lipinski definition) is 1. The van der Waals surface area contributed by atoms with Gasteiger partial charge < -0.3 is 5.11 Å². The number of rotatable bonds is 2. The lowest BCUT2D eigenvalue weighted by Crippen LogP contribution is -1.96. The van der Waals surface area contributed by atoms with Crippen LogP contribution in [0.3, 0.4) is 0 Å². The van der Waals surface area contributed by atoms with Gasteiger partial charge in [0, 0.05) is 10.6 Å². The third kappa shape index (κ3) is 2.45. The molecule has 2 aromatic carbocycles. The summed E-state index contributed by atoms with van der Waals surface area (Å²) in [6.45, 7) is 0. The summed E-state index contributed by atoms with van der Waals surface area (Å²) in [5.74, 6) is -1.50. The van der Waals surface area contributed by atoms with Crippen molar-refractivity contribution >= 4 is 17.6 Å². The monoisotopic (exact) mass is 250 g/mol. The number of benzene rings is 2. The van der Waals surface area contributed by atoms with Gasteiger partial charge in [-0.05, 0) is 29.8 Å². The van der Waals surface area contributed by atoms with Gasteiger partial charge in [-0.2, -0.15) is 0 Å². The Kier molecular flexibility index (Phi) is 3.11. The average molecular weight is 251 g/mol. The largest absolute Gasteiger partial charge is 0.478 e. The molecule has 2 rings (SSSR count). The molecular weight excluding hydrogens is 243 g/mol. The molecule has 0 aromatic heterocycles. The second kappa shape index (κ2) is 4.55. The van der Waals surface area contributed by atoms with Gasteiger partial charge in [-0.3, -0.25) is 0 Å². The number of carbonyl (C=O) groups is 1. The van der Waals surface area contributed by atoms with Crippen molar-refractivity contribution in [1.29, 1.82) is 0 Å². The summed E-state index contributed by atoms with van der Waals surface area (Å²) in [6, 6.07) is 10.4. The van der Waals surface area contributed by atoms with E-state index in [0.29, 0.717) is 11.1 Å². The molecule has 0 spiro atoms. The molecular formula is C13H8ClFO2. The van der Waals surface area contributed by atoms with Gasteiger partial charge in [0.25, 0.3) is 0 Å². The maximum atomic E-state index is 13.5. The quantitative estimate of drug-likeness (QED) is 0.879. The molecule has 0 unspecified atom stereocenters. The molecule has 86 valence electrons. The fraction of sp³-hybridized carbons (Fsp3) is 0. The summed E-state index contributed by atoms with van der Waals surface area (Å²) < 4.78 is 13.5. The molecule has 0 fully saturated rings. The van der Waals surface area contributed by atoms with Crippen molar-refractivity contribution in [3.05, 3.63) is 58.9 Å². The molecule has 0 amide bonds. The topological polar surface area (TPSA) is 37.3 Å². The highest BCUT2D eigenvalue weighted by Crippen LogP contribution is 2.26. The molecule has 0 saturated carbocycles. The van der Waals surface area contributed by atoms with Crippen LogP contribution >= 0.6 is 11.6 Å². The van der Waals surface area contributed by atoms with Crippen LogP contribution in [0, 0.1) is 5.82 Å². The van der Waals surface area contributed by atoms with Gasteiger partial charge in [-0.25, -0.2) is 9.18 Å². The lowest BCUT2D eigenvalue weighted by molar-refractivity contribution is 0.0697. The maximum absolute atomic E-state index is 13.5. The SMILES string of the molecule is O=C(O)c1cc(Cl)cc(-c2ccccc2F)c1. The molecule has 0 saturated heterocycles. The Morgan fingerprint density at radius 3 is 2.53 bits per heavy atom. The summed E-state index contributed by atoms with van der Waals surface area (Å²) in [7, 11) is 0. The fourth-order valence-corrected chi connectivity index (χ4v) is 1.80. The van der Waals surface area contributed by atoms with E-state index in [-0.39, 0.29) is 10.6 Å². The van der Waals surface area contributed by atoms with Gasteiger partial charge in [0.1, 0.15) is 5.82 Å². The smallest absolute Gasteiger partial charge is 0.335 e. The first kappa shape index (κ1) is 11.6. The molecule has 2 nitrogen and oxygen atoms in total. The highest BCUT2D eigenvalue weighted by Gasteiger charge is 2.10. The first-order valence-electron chi connectivity index (χ1n) is 4.87. The van der Waals surface area contributed by atoms with E-state index in [2.05, 4.69) is 0 Å². The maximum Gasteiger partial charge on any atom is 0.335 e. The van der Waals surface area contributed by atoms with Crippen molar-refractivity contribution in [2.75, 3.05) is 0 Å². The number of aromatic carboxylic acids is 1. The second-order valence-corrected chi connectivity index (χ2v) is 3.95. The third-order valence-corrected chi connectivity index (χ3v) is 2.55. The van der Waals surface area contributed by atoms with Crippen LogP contribution in [0.1, 0.15) is 10.4 Å². The van der Waals surface area contributed by atoms with Crippen molar-refractivity contribution < 1.29 is 14.3 Å². The van der Waals surface area contributed by atoms with Gasteiger partial charge >= 0.3 is 5.97 Å². The molecule has 0 heterocycles. The van der Waals surface area contributed by atoms with Crippen molar-refractivity contribution in [3.63, 3.8) is 0 Å². The molecule has 2 aromatic rings. The average Bonchev–Trinajstić information content (AvgIpc) is 2.28. The highest BCUT2D eigenvalue weighted by molar-refractivity contribution is 6.31. The van der Waals surface area contributed by atoms with Gasteiger partial charge in [-0.15, -0.1) is 0 Å². The minimum absolute atomic E-state index is 0.0377. The fourth-order valence-electron chi connectivity index (χ4n) is 1.56. The van der Waals surface area contributed by atoms with Crippen LogP contribution in [0.5, 0.6) is 0 Å². The van der Waals surface area contributed by atoms with Gasteiger partial charge in [0.2, 0.25) is 0 Å². The number of hydrogen-bond donors (Lipinski definition) is 1. The molecule has 0 aliphatic carbocycles. The Labute approximate surface area is 102 Å². The van der Waals surface area contributed by atoms with Crippen molar-refractivity contribution in [2.45, 2.75) is 0 Å². The Morgan fingerprint density at radius 1 is 1.18 bits per heavy atom. The van der Waals surface area contributed by atoms with Crippen LogP contribution in [0.2, 0.25) is 5.02 Å². The standard InChI is InChI=1S/C13H8ClFO2/c14-10-6-8(5-9(7-10)13(16)17)11-3-1-2-4-12(11)15/h1-7H,(H,16,17). The van der Waals surface area contributed by atoms with E-state index in [1.54, 1.807) is 18.2 Å². The first-order chi connectivity index (χ1) is 8.08. The summed E-state index contributed by atoms with van der Waals surface area (Å²) in [6.07, 6.45) is 0. The van der Waals surface area contributed by atoms with E-state index < -0.39 is 11.8 Å². The summed E-state index contributed by atoms with van der Waals surface area (Å²) in [4.78, 5) is 10.9. The van der Waals surface area contributed by atoms with E-state index in [0.717, 1.165) is 0 Å². The van der Waals surface area contributed by atoms with Crippen LogP contribution in [0.15, 0.2) is 42.5 Å². The zero-order valence-corrected chi connectivity index (χ0v) is 9.41. The first-order valence-corrected chi connectivity index (χ1v) is 5.24. The van der Waals surface area contributed by atoms with Crippen LogP contribution in [0.4, 0.5) is 4.39 Å². The van der Waals surface area contributed by atoms with E-state index in [9.17, 15) is 9.18 Å². The van der Waals surface area contributed by atoms with Crippen LogP contribution in [-0.2, 0) is 0 Å². The lowest BCUT2D eigenvalue weighted by Gasteiger charge is -2.05. The molecule has 0 aliphatic rings. The van der Waals surface area contributed by atoms with Gasteiger partial charge in [0.05, 0.1) is 5.56 Å². The van der Waals surface area contributed by atoms with E-state index in [4.69, 9.17) is 16.7 Å². The zero-order chi connectivity index (χ0) is 12.4. The summed E-state index contributed by atoms with van der Waals surface area (Å²) in [5.41, 5.74) is 0.821. The molecule has 0 atom stereocenters. The molecule has 0 aliphatic heterocycles. The summed E-state index contributed by atoms with van der Waals surface area (Å²) in [5, 5.41) is 9.16. The minimum atomic E-state index is -1.09. The predicted octanol–water partition coefficient (Wildman–Crippen LogP) is 3.84. The molecule has 0 bridgehead atoms. The summed E-state index contributed by atoms with van der Waals surface area (Å²) >= 11 is 5.81. The number of carboxylic acid groups (broad SMARTS) is 1. The predicted molar refractivity (Wildman–Crippen MR) is 63.8 cm³/mol. The Bertz CT molecular complexity index is 581. The minimum Gasteiger partial charge on any atom is -0.478 e. The van der Waals surface area contributed by atoms with Crippen LogP contribution in [0.25, 0.3) is 11.1 Å². The van der Waals surface area contributed by atoms with Gasteiger partial charge in [0.15, 0.2) is 0 Å². The van der Waals surface area contributed by atoms with Crippen molar-refractivity contribution in [3.8, 4) is 11.1 Å². The Balaban J connectivity index is 2.60. The highest BCUT2D eigenvalue weighted by atomic mass is 35.5. The number of carboxylic acids is 1. The number of halogens is 2. The van der Waals surface area contributed by atoms with Crippen molar-refractivity contribution in [2.24, 2.45) is 0 Å². The molecule has 1 N–H and O–H groups in total. The lowest BCUT2D eigenvalue weighted by atomic mass is 10.0. The Morgan fingerprint density at radius 2 is 1.88 bits per heavy atom. The molecule has 4 heteroatoms. The normalized spacial score (nSPS) is 10.2. The van der Waals surface area contributed by atoms with E-state index >= 15 is 0 Å². The zero-order valence-electron chi connectivity index (χ0n) is 8.65. The van der Waals surface area contributed by atoms with E-state index in [1.807, 2.05) is 0 Å². The Hall–Kier alpha value is -1.87. The van der Waals surface area contributed by atoms with Gasteiger partial charge in [-0.1, -0.05) is 29.8 Å². The van der Waals surface area contributed by atoms with E-state index in [1.165, 1.54) is 24.3 Å². The third-order valence-electron chi connectivity index (χ3n) is 2.33. The van der Waals surface area contributed by atoms with Crippen LogP contribution < -0.4 is 0 Å².